The number of hydrogen-bond donors (Lipinski definition) is 0. The van der Waals surface area contributed by atoms with Crippen LogP contribution in [0, 0.1) is 6.42 Å². The number of allylic oxidation sites excluding steroid dienone is 2. The van der Waals surface area contributed by atoms with Crippen molar-refractivity contribution in [2.45, 2.75) is 5.92 Å². The summed E-state index contributed by atoms with van der Waals surface area (Å²) < 4.78 is 0. The topological polar surface area (TPSA) is 25.8 Å². The molecule has 4 aromatic rings. The zero-order chi connectivity index (χ0) is 17.1. The summed E-state index contributed by atoms with van der Waals surface area (Å²) in [7, 11) is 0. The van der Waals surface area contributed by atoms with Crippen molar-refractivity contribution in [3.05, 3.63) is 102 Å². The zero-order valence-electron chi connectivity index (χ0n) is 14.1. The van der Waals surface area contributed by atoms with Crippen LogP contribution in [0.1, 0.15) is 33.7 Å². The van der Waals surface area contributed by atoms with Crippen LogP contribution in [-0.2, 0) is 0 Å². The summed E-state index contributed by atoms with van der Waals surface area (Å²) in [6.45, 7) is 0. The number of nitrogens with zero attached hydrogens (tertiary/aromatic N) is 2. The lowest BCUT2D eigenvalue weighted by Crippen LogP contribution is -2.07. The Hall–Kier alpha value is -3.39. The van der Waals surface area contributed by atoms with Gasteiger partial charge in [-0.1, -0.05) is 30.4 Å². The number of rotatable bonds is 1. The molecule has 0 spiro atoms. The number of hydrogen-bond acceptors (Lipinski definition) is 2. The average molecular weight is 331 g/mol. The number of aromatic nitrogens is 2. The molecule has 0 fully saturated rings. The summed E-state index contributed by atoms with van der Waals surface area (Å²) in [5, 5.41) is 5.03. The van der Waals surface area contributed by atoms with Gasteiger partial charge in [0.05, 0.1) is 23.1 Å². The Morgan fingerprint density at radius 3 is 2.42 bits per heavy atom. The molecule has 2 nitrogen and oxygen atoms in total. The molecular formula is C24H15N2+. The summed E-state index contributed by atoms with van der Waals surface area (Å²) in [6, 6.07) is 11.0. The second kappa shape index (κ2) is 5.06. The highest BCUT2D eigenvalue weighted by Gasteiger charge is 2.28. The van der Waals surface area contributed by atoms with Crippen LogP contribution in [-0.4, -0.2) is 9.97 Å². The summed E-state index contributed by atoms with van der Waals surface area (Å²) >= 11 is 0. The van der Waals surface area contributed by atoms with Gasteiger partial charge in [0.25, 0.3) is 0 Å². The molecule has 0 bridgehead atoms. The molecule has 1 unspecified atom stereocenters. The summed E-state index contributed by atoms with van der Waals surface area (Å²) in [4.78, 5) is 8.75. The lowest BCUT2D eigenvalue weighted by atomic mass is 9.78. The van der Waals surface area contributed by atoms with Crippen LogP contribution in [0.3, 0.4) is 0 Å². The van der Waals surface area contributed by atoms with Crippen molar-refractivity contribution in [1.29, 1.82) is 0 Å². The summed E-state index contributed by atoms with van der Waals surface area (Å²) in [5.41, 5.74) is 6.42. The first kappa shape index (κ1) is 13.9. The minimum atomic E-state index is 0.247. The summed E-state index contributed by atoms with van der Waals surface area (Å²) in [5.74, 6) is 0.247. The molecule has 0 N–H and O–H groups in total. The van der Waals surface area contributed by atoms with E-state index in [0.717, 1.165) is 0 Å². The van der Waals surface area contributed by atoms with Crippen LogP contribution >= 0.6 is 0 Å². The largest absolute Gasteiger partial charge is 0.263 e. The Balaban J connectivity index is 1.66. The predicted octanol–water partition coefficient (Wildman–Crippen LogP) is 5.52. The zero-order valence-corrected chi connectivity index (χ0v) is 14.1. The highest BCUT2D eigenvalue weighted by atomic mass is 14.6. The van der Waals surface area contributed by atoms with Gasteiger partial charge in [0.15, 0.2) is 0 Å². The smallest absolute Gasteiger partial charge is 0.109 e. The monoisotopic (exact) mass is 331 g/mol. The van der Waals surface area contributed by atoms with Crippen molar-refractivity contribution in [2.24, 2.45) is 0 Å². The van der Waals surface area contributed by atoms with E-state index in [2.05, 4.69) is 71.0 Å². The van der Waals surface area contributed by atoms with E-state index in [4.69, 9.17) is 0 Å². The van der Waals surface area contributed by atoms with E-state index in [9.17, 15) is 0 Å². The molecule has 26 heavy (non-hydrogen) atoms. The standard InChI is InChI=1S/C24H15N2/c1-3-15-11-25-13-17-7-9-19(21(5-1)23(15)17)20-10-8-18-14-26-12-16-4-2-6-22(20)24(16)18/h1-14,19H/q+1. The molecular weight excluding hydrogens is 316 g/mol. The molecule has 1 atom stereocenters. The van der Waals surface area contributed by atoms with E-state index in [1.165, 1.54) is 49.4 Å². The van der Waals surface area contributed by atoms with Gasteiger partial charge in [0.1, 0.15) is 5.56 Å². The van der Waals surface area contributed by atoms with Crippen LogP contribution in [0.2, 0.25) is 0 Å². The maximum atomic E-state index is 4.38. The molecule has 2 heterocycles. The molecule has 120 valence electrons. The van der Waals surface area contributed by atoms with Crippen molar-refractivity contribution in [2.75, 3.05) is 0 Å². The summed E-state index contributed by atoms with van der Waals surface area (Å²) in [6.07, 6.45) is 18.9. The molecule has 2 aliphatic carbocycles. The minimum absolute atomic E-state index is 0.247. The molecule has 0 saturated carbocycles. The van der Waals surface area contributed by atoms with Gasteiger partial charge in [0.2, 0.25) is 0 Å². The van der Waals surface area contributed by atoms with Crippen LogP contribution in [0.4, 0.5) is 0 Å². The molecule has 2 heteroatoms. The third-order valence-electron chi connectivity index (χ3n) is 5.55. The Kier molecular flexibility index (Phi) is 2.69. The molecule has 0 aliphatic heterocycles. The number of benzene rings is 2. The van der Waals surface area contributed by atoms with Gasteiger partial charge in [-0.2, -0.15) is 0 Å². The molecule has 2 aromatic heterocycles. The lowest BCUT2D eigenvalue weighted by molar-refractivity contribution is 1.03. The SMILES string of the molecule is C1=Cc2cncc3ccc(C4C=Cc5cncc6cccc4c56)c(c23)[CH+]1. The molecule has 6 rings (SSSR count). The second-order valence-corrected chi connectivity index (χ2v) is 6.93. The Morgan fingerprint density at radius 1 is 0.731 bits per heavy atom. The lowest BCUT2D eigenvalue weighted by Gasteiger charge is -2.21. The third kappa shape index (κ3) is 1.79. The molecule has 2 aliphatic rings. The van der Waals surface area contributed by atoms with Gasteiger partial charge < -0.3 is 0 Å². The second-order valence-electron chi connectivity index (χ2n) is 6.93. The fourth-order valence-corrected chi connectivity index (χ4v) is 4.42. The van der Waals surface area contributed by atoms with E-state index in [1.807, 2.05) is 24.8 Å². The normalized spacial score (nSPS) is 16.8. The van der Waals surface area contributed by atoms with Crippen LogP contribution in [0.5, 0.6) is 0 Å². The first-order chi connectivity index (χ1) is 12.9. The van der Waals surface area contributed by atoms with Gasteiger partial charge in [-0.05, 0) is 23.1 Å². The quantitative estimate of drug-likeness (QED) is 0.429. The third-order valence-corrected chi connectivity index (χ3v) is 5.55. The first-order valence-corrected chi connectivity index (χ1v) is 8.87. The van der Waals surface area contributed by atoms with Gasteiger partial charge >= 0.3 is 0 Å². The maximum Gasteiger partial charge on any atom is 0.109 e. The molecule has 0 radical (unpaired) electrons. The van der Waals surface area contributed by atoms with E-state index < -0.39 is 0 Å². The number of pyridine rings is 2. The van der Waals surface area contributed by atoms with E-state index >= 15 is 0 Å². The maximum absolute atomic E-state index is 4.38. The van der Waals surface area contributed by atoms with Gasteiger partial charge in [-0.15, -0.1) is 0 Å². The predicted molar refractivity (Wildman–Crippen MR) is 107 cm³/mol. The molecule has 2 aromatic carbocycles. The van der Waals surface area contributed by atoms with Crippen molar-refractivity contribution in [3.8, 4) is 0 Å². The van der Waals surface area contributed by atoms with Crippen molar-refractivity contribution >= 4 is 33.7 Å². The fourth-order valence-electron chi connectivity index (χ4n) is 4.42. The minimum Gasteiger partial charge on any atom is -0.263 e. The van der Waals surface area contributed by atoms with Crippen molar-refractivity contribution < 1.29 is 0 Å². The van der Waals surface area contributed by atoms with Gasteiger partial charge in [-0.3, -0.25) is 9.97 Å². The van der Waals surface area contributed by atoms with Crippen LogP contribution in [0.25, 0.3) is 33.7 Å². The Bertz CT molecular complexity index is 1260. The van der Waals surface area contributed by atoms with E-state index in [0.29, 0.717) is 0 Å². The van der Waals surface area contributed by atoms with E-state index in [-0.39, 0.29) is 5.92 Å². The van der Waals surface area contributed by atoms with Gasteiger partial charge in [0, 0.05) is 59.1 Å². The van der Waals surface area contributed by atoms with Crippen LogP contribution < -0.4 is 0 Å². The highest BCUT2D eigenvalue weighted by Crippen LogP contribution is 2.42. The molecule has 0 saturated heterocycles. The first-order valence-electron chi connectivity index (χ1n) is 8.87. The van der Waals surface area contributed by atoms with E-state index in [1.54, 1.807) is 0 Å². The van der Waals surface area contributed by atoms with Crippen molar-refractivity contribution in [3.63, 3.8) is 0 Å². The Labute approximate surface area is 151 Å². The fraction of sp³-hybridized carbons (Fsp3) is 0.0417. The average Bonchev–Trinajstić information content (AvgIpc) is 2.70. The highest BCUT2D eigenvalue weighted by molar-refractivity contribution is 5.99. The van der Waals surface area contributed by atoms with Crippen LogP contribution in [0.15, 0.2) is 67.3 Å². The van der Waals surface area contributed by atoms with Crippen molar-refractivity contribution in [1.82, 2.24) is 9.97 Å². The van der Waals surface area contributed by atoms with Gasteiger partial charge in [-0.25, -0.2) is 0 Å². The Morgan fingerprint density at radius 2 is 1.54 bits per heavy atom. The molecule has 0 amide bonds.